The third-order valence-corrected chi connectivity index (χ3v) is 5.30. The van der Waals surface area contributed by atoms with Crippen molar-refractivity contribution in [3.8, 4) is 11.5 Å². The van der Waals surface area contributed by atoms with Gasteiger partial charge in [-0.1, -0.05) is 12.8 Å². The molecule has 158 valence electrons. The fraction of sp³-hybridized carbons (Fsp3) is 0.545. The maximum atomic E-state index is 11.9. The molecule has 1 heterocycles. The third kappa shape index (κ3) is 5.97. The van der Waals surface area contributed by atoms with E-state index in [-0.39, 0.29) is 11.5 Å². The molecule has 1 saturated heterocycles. The number of ether oxygens (including phenoxy) is 2. The number of anilines is 2. The van der Waals surface area contributed by atoms with Gasteiger partial charge in [-0.25, -0.2) is 0 Å². The zero-order chi connectivity index (χ0) is 20.5. The fourth-order valence-electron chi connectivity index (χ4n) is 3.52. The molecular formula is C22H31N3O4. The van der Waals surface area contributed by atoms with Crippen molar-refractivity contribution in [2.45, 2.75) is 44.6 Å². The van der Waals surface area contributed by atoms with E-state index in [2.05, 4.69) is 16.0 Å². The molecular weight excluding hydrogens is 370 g/mol. The lowest BCUT2D eigenvalue weighted by Gasteiger charge is -2.26. The normalized spacial score (nSPS) is 14.7. The molecule has 7 heteroatoms. The maximum absolute atomic E-state index is 11.9. The van der Waals surface area contributed by atoms with Gasteiger partial charge < -0.3 is 25.4 Å². The van der Waals surface area contributed by atoms with E-state index >= 15 is 0 Å². The Morgan fingerprint density at radius 3 is 2.31 bits per heavy atom. The van der Waals surface area contributed by atoms with Crippen LogP contribution >= 0.6 is 0 Å². The SMILES string of the molecule is COc1ccc(OCCCCCCNc2c(NC3CCNCC3)c(=O)c2=O)cc1. The number of rotatable bonds is 12. The van der Waals surface area contributed by atoms with Crippen LogP contribution in [0.1, 0.15) is 38.5 Å². The lowest BCUT2D eigenvalue weighted by atomic mass is 10.0. The van der Waals surface area contributed by atoms with Crippen LogP contribution < -0.4 is 36.3 Å². The predicted molar refractivity (Wildman–Crippen MR) is 116 cm³/mol. The molecule has 29 heavy (non-hydrogen) atoms. The fourth-order valence-corrected chi connectivity index (χ4v) is 3.52. The highest BCUT2D eigenvalue weighted by Gasteiger charge is 2.23. The summed E-state index contributed by atoms with van der Waals surface area (Å²) < 4.78 is 10.8. The lowest BCUT2D eigenvalue weighted by Crippen LogP contribution is -2.42. The van der Waals surface area contributed by atoms with Gasteiger partial charge >= 0.3 is 0 Å². The van der Waals surface area contributed by atoms with Crippen LogP contribution in [0.15, 0.2) is 33.9 Å². The molecule has 0 bridgehead atoms. The average Bonchev–Trinajstić information content (AvgIpc) is 2.77. The number of hydrogen-bond donors (Lipinski definition) is 3. The summed E-state index contributed by atoms with van der Waals surface area (Å²) in [6.45, 7) is 3.27. The monoisotopic (exact) mass is 401 g/mol. The van der Waals surface area contributed by atoms with Crippen molar-refractivity contribution >= 4 is 11.4 Å². The highest BCUT2D eigenvalue weighted by Crippen LogP contribution is 2.19. The predicted octanol–water partition coefficient (Wildman–Crippen LogP) is 2.51. The molecule has 7 nitrogen and oxygen atoms in total. The minimum absolute atomic E-state index is 0.269. The maximum Gasteiger partial charge on any atom is 0.253 e. The Hall–Kier alpha value is -2.54. The van der Waals surface area contributed by atoms with Gasteiger partial charge in [0.2, 0.25) is 0 Å². The summed E-state index contributed by atoms with van der Waals surface area (Å²) in [7, 11) is 1.64. The highest BCUT2D eigenvalue weighted by molar-refractivity contribution is 5.74. The van der Waals surface area contributed by atoms with Crippen molar-refractivity contribution in [1.29, 1.82) is 0 Å². The van der Waals surface area contributed by atoms with E-state index in [1.54, 1.807) is 7.11 Å². The van der Waals surface area contributed by atoms with E-state index < -0.39 is 5.43 Å². The second-order valence-electron chi connectivity index (χ2n) is 7.44. The second kappa shape index (κ2) is 10.9. The Labute approximate surface area is 171 Å². The average molecular weight is 402 g/mol. The Bertz CT molecular complexity index is 822. The molecule has 0 unspecified atom stereocenters. The van der Waals surface area contributed by atoms with Gasteiger partial charge in [-0.05, 0) is 63.0 Å². The number of benzene rings is 1. The Morgan fingerprint density at radius 1 is 0.931 bits per heavy atom. The highest BCUT2D eigenvalue weighted by atomic mass is 16.5. The number of methoxy groups -OCH3 is 1. The van der Waals surface area contributed by atoms with Gasteiger partial charge in [0.25, 0.3) is 10.9 Å². The van der Waals surface area contributed by atoms with E-state index in [1.807, 2.05) is 24.3 Å². The van der Waals surface area contributed by atoms with Crippen LogP contribution in [0.4, 0.5) is 11.4 Å². The van der Waals surface area contributed by atoms with Crippen molar-refractivity contribution in [1.82, 2.24) is 5.32 Å². The number of unbranched alkanes of at least 4 members (excludes halogenated alkanes) is 3. The zero-order valence-electron chi connectivity index (χ0n) is 17.1. The van der Waals surface area contributed by atoms with Crippen LogP contribution in [0, 0.1) is 0 Å². The van der Waals surface area contributed by atoms with Crippen LogP contribution in [0.5, 0.6) is 11.5 Å². The van der Waals surface area contributed by atoms with Gasteiger partial charge in [0.1, 0.15) is 22.9 Å². The molecule has 2 aromatic carbocycles. The van der Waals surface area contributed by atoms with Crippen molar-refractivity contribution in [2.24, 2.45) is 0 Å². The summed E-state index contributed by atoms with van der Waals surface area (Å²) >= 11 is 0. The van der Waals surface area contributed by atoms with E-state index in [0.717, 1.165) is 63.1 Å². The molecule has 1 aliphatic rings. The first-order valence-corrected chi connectivity index (χ1v) is 10.5. The molecule has 0 amide bonds. The van der Waals surface area contributed by atoms with Gasteiger partial charge in [0.05, 0.1) is 13.7 Å². The largest absolute Gasteiger partial charge is 0.497 e. The molecule has 1 fully saturated rings. The lowest BCUT2D eigenvalue weighted by molar-refractivity contribution is 0.304. The van der Waals surface area contributed by atoms with Crippen LogP contribution in [0.2, 0.25) is 0 Å². The van der Waals surface area contributed by atoms with Gasteiger partial charge in [-0.15, -0.1) is 0 Å². The second-order valence-corrected chi connectivity index (χ2v) is 7.44. The van der Waals surface area contributed by atoms with Gasteiger partial charge in [-0.2, -0.15) is 0 Å². The third-order valence-electron chi connectivity index (χ3n) is 5.30. The van der Waals surface area contributed by atoms with Gasteiger partial charge in [-0.3, -0.25) is 9.59 Å². The summed E-state index contributed by atoms with van der Waals surface area (Å²) in [6.07, 6.45) is 5.98. The topological polar surface area (TPSA) is 88.7 Å². The number of hydrogen-bond acceptors (Lipinski definition) is 7. The van der Waals surface area contributed by atoms with Crippen LogP contribution in [-0.2, 0) is 0 Å². The van der Waals surface area contributed by atoms with Crippen molar-refractivity contribution < 1.29 is 9.47 Å². The molecule has 2 aromatic rings. The first-order chi connectivity index (χ1) is 14.2. The van der Waals surface area contributed by atoms with E-state index in [9.17, 15) is 9.59 Å². The Kier molecular flexibility index (Phi) is 7.93. The molecule has 0 saturated carbocycles. The Balaban J connectivity index is 1.28. The van der Waals surface area contributed by atoms with Crippen LogP contribution in [0.25, 0.3) is 0 Å². The first-order valence-electron chi connectivity index (χ1n) is 10.5. The minimum atomic E-state index is -0.394. The summed E-state index contributed by atoms with van der Waals surface area (Å²) in [5, 5.41) is 9.71. The standard InChI is InChI=1S/C22H31N3O4/c1-28-17-6-8-18(9-7-17)29-15-5-3-2-4-12-24-19-20(22(27)21(19)26)25-16-10-13-23-14-11-16/h6-9,16,23-25H,2-5,10-15H2,1H3. The molecule has 3 N–H and O–H groups in total. The van der Waals surface area contributed by atoms with Crippen molar-refractivity contribution in [3.05, 3.63) is 44.7 Å². The zero-order valence-corrected chi connectivity index (χ0v) is 17.1. The molecule has 0 spiro atoms. The van der Waals surface area contributed by atoms with E-state index in [0.29, 0.717) is 24.5 Å². The van der Waals surface area contributed by atoms with Gasteiger partial charge in [0.15, 0.2) is 0 Å². The molecule has 1 aliphatic heterocycles. The summed E-state index contributed by atoms with van der Waals surface area (Å²) in [5.41, 5.74) is 0.169. The van der Waals surface area contributed by atoms with E-state index in [4.69, 9.17) is 9.47 Å². The van der Waals surface area contributed by atoms with E-state index in [1.165, 1.54) is 0 Å². The van der Waals surface area contributed by atoms with Crippen LogP contribution in [0.3, 0.4) is 0 Å². The van der Waals surface area contributed by atoms with Gasteiger partial charge in [0, 0.05) is 12.6 Å². The van der Waals surface area contributed by atoms with Crippen molar-refractivity contribution in [2.75, 3.05) is 44.0 Å². The molecule has 0 radical (unpaired) electrons. The number of piperidine rings is 1. The summed E-state index contributed by atoms with van der Waals surface area (Å²) in [6, 6.07) is 7.85. The Morgan fingerprint density at radius 2 is 1.59 bits per heavy atom. The minimum Gasteiger partial charge on any atom is -0.497 e. The summed E-state index contributed by atoms with van der Waals surface area (Å²) in [4.78, 5) is 23.7. The molecule has 0 atom stereocenters. The quantitative estimate of drug-likeness (QED) is 0.372. The molecule has 3 rings (SSSR count). The molecule has 0 aromatic heterocycles. The smallest absolute Gasteiger partial charge is 0.253 e. The van der Waals surface area contributed by atoms with Crippen LogP contribution in [-0.4, -0.2) is 39.4 Å². The first kappa shape index (κ1) is 21.2. The molecule has 0 aliphatic carbocycles. The number of nitrogens with one attached hydrogen (secondary N) is 3. The van der Waals surface area contributed by atoms with Crippen molar-refractivity contribution in [3.63, 3.8) is 0 Å². The summed E-state index contributed by atoms with van der Waals surface area (Å²) in [5.74, 6) is 1.67.